The third kappa shape index (κ3) is 5.04. The standard InChI is InChI=1S/C25H25N3O5S/c1-25(2,3)24-27-21-15-18(10-13-22(21)33-24)26-23(29)16-6-5-7-20(14-16)34(30,31)28-17-8-11-19(32-4)12-9-17/h5-15,28H,1-4H3,(H,26,29). The molecule has 0 fully saturated rings. The van der Waals surface area contributed by atoms with E-state index in [-0.39, 0.29) is 15.9 Å². The number of benzene rings is 3. The van der Waals surface area contributed by atoms with E-state index in [9.17, 15) is 13.2 Å². The lowest BCUT2D eigenvalue weighted by Crippen LogP contribution is -2.16. The summed E-state index contributed by atoms with van der Waals surface area (Å²) >= 11 is 0. The summed E-state index contributed by atoms with van der Waals surface area (Å²) in [4.78, 5) is 17.3. The first-order chi connectivity index (χ1) is 16.0. The molecule has 0 unspecified atom stereocenters. The fourth-order valence-electron chi connectivity index (χ4n) is 3.21. The van der Waals surface area contributed by atoms with Crippen LogP contribution in [0.25, 0.3) is 11.1 Å². The molecule has 1 amide bonds. The topological polar surface area (TPSA) is 111 Å². The number of nitrogens with one attached hydrogen (secondary N) is 2. The first kappa shape index (κ1) is 23.3. The molecule has 4 aromatic rings. The molecule has 34 heavy (non-hydrogen) atoms. The van der Waals surface area contributed by atoms with Crippen molar-refractivity contribution in [3.63, 3.8) is 0 Å². The lowest BCUT2D eigenvalue weighted by Gasteiger charge is -2.11. The van der Waals surface area contributed by atoms with Gasteiger partial charge < -0.3 is 14.5 Å². The number of ether oxygens (including phenoxy) is 1. The Morgan fingerprint density at radius 2 is 1.68 bits per heavy atom. The summed E-state index contributed by atoms with van der Waals surface area (Å²) in [5.41, 5.74) is 2.12. The monoisotopic (exact) mass is 479 g/mol. The molecule has 3 aromatic carbocycles. The van der Waals surface area contributed by atoms with Crippen LogP contribution in [-0.4, -0.2) is 26.4 Å². The Morgan fingerprint density at radius 1 is 0.971 bits per heavy atom. The molecule has 176 valence electrons. The maximum absolute atomic E-state index is 12.8. The summed E-state index contributed by atoms with van der Waals surface area (Å²) in [5.74, 6) is 0.772. The molecule has 0 radical (unpaired) electrons. The van der Waals surface area contributed by atoms with Gasteiger partial charge in [-0.2, -0.15) is 0 Å². The molecule has 1 heterocycles. The van der Waals surface area contributed by atoms with Crippen LogP contribution in [0, 0.1) is 0 Å². The number of carbonyl (C=O) groups is 1. The zero-order valence-electron chi connectivity index (χ0n) is 19.2. The first-order valence-electron chi connectivity index (χ1n) is 10.5. The van der Waals surface area contributed by atoms with Crippen molar-refractivity contribution < 1.29 is 22.4 Å². The maximum Gasteiger partial charge on any atom is 0.261 e. The Morgan fingerprint density at radius 3 is 2.35 bits per heavy atom. The Balaban J connectivity index is 1.53. The van der Waals surface area contributed by atoms with Gasteiger partial charge in [-0.05, 0) is 60.7 Å². The number of hydrogen-bond donors (Lipinski definition) is 2. The van der Waals surface area contributed by atoms with Crippen LogP contribution < -0.4 is 14.8 Å². The van der Waals surface area contributed by atoms with Crippen molar-refractivity contribution >= 4 is 38.4 Å². The highest BCUT2D eigenvalue weighted by Gasteiger charge is 2.21. The van der Waals surface area contributed by atoms with E-state index in [4.69, 9.17) is 9.15 Å². The number of sulfonamides is 1. The predicted octanol–water partition coefficient (Wildman–Crippen LogP) is 5.19. The van der Waals surface area contributed by atoms with Gasteiger partial charge >= 0.3 is 0 Å². The van der Waals surface area contributed by atoms with Crippen molar-refractivity contribution in [2.75, 3.05) is 17.1 Å². The van der Waals surface area contributed by atoms with Gasteiger partial charge in [0.1, 0.15) is 11.3 Å². The van der Waals surface area contributed by atoms with Gasteiger partial charge in [0.2, 0.25) is 5.89 Å². The molecule has 0 aliphatic carbocycles. The van der Waals surface area contributed by atoms with Crippen LogP contribution in [0.15, 0.2) is 76.0 Å². The molecular formula is C25H25N3O5S. The van der Waals surface area contributed by atoms with E-state index in [1.54, 1.807) is 48.5 Å². The maximum atomic E-state index is 12.8. The zero-order chi connectivity index (χ0) is 24.5. The van der Waals surface area contributed by atoms with Gasteiger partial charge in [0.25, 0.3) is 15.9 Å². The lowest BCUT2D eigenvalue weighted by atomic mass is 9.97. The molecule has 9 heteroatoms. The number of carbonyl (C=O) groups excluding carboxylic acids is 1. The van der Waals surface area contributed by atoms with Crippen molar-refractivity contribution in [2.24, 2.45) is 0 Å². The van der Waals surface area contributed by atoms with E-state index in [1.807, 2.05) is 20.8 Å². The number of hydrogen-bond acceptors (Lipinski definition) is 6. The van der Waals surface area contributed by atoms with Crippen LogP contribution in [0.5, 0.6) is 5.75 Å². The summed E-state index contributed by atoms with van der Waals surface area (Å²) in [7, 11) is -2.36. The van der Waals surface area contributed by atoms with Crippen LogP contribution in [0.2, 0.25) is 0 Å². The average molecular weight is 480 g/mol. The van der Waals surface area contributed by atoms with Crippen molar-refractivity contribution in [3.05, 3.63) is 78.2 Å². The third-order valence-electron chi connectivity index (χ3n) is 5.04. The number of fused-ring (bicyclic) bond motifs is 1. The highest BCUT2D eigenvalue weighted by Crippen LogP contribution is 2.27. The molecule has 1 aromatic heterocycles. The van der Waals surface area contributed by atoms with Gasteiger partial charge in [-0.15, -0.1) is 0 Å². The molecule has 0 aliphatic rings. The largest absolute Gasteiger partial charge is 0.497 e. The van der Waals surface area contributed by atoms with Crippen LogP contribution in [-0.2, 0) is 15.4 Å². The Hall–Kier alpha value is -3.85. The minimum atomic E-state index is -3.90. The molecule has 4 rings (SSSR count). The second-order valence-corrected chi connectivity index (χ2v) is 10.4. The smallest absolute Gasteiger partial charge is 0.261 e. The van der Waals surface area contributed by atoms with Gasteiger partial charge in [0.15, 0.2) is 5.58 Å². The number of aromatic nitrogens is 1. The Kier molecular flexibility index (Phi) is 6.05. The van der Waals surface area contributed by atoms with Crippen LogP contribution in [0.4, 0.5) is 11.4 Å². The summed E-state index contributed by atoms with van der Waals surface area (Å²) in [5, 5.41) is 2.79. The van der Waals surface area contributed by atoms with E-state index < -0.39 is 15.9 Å². The third-order valence-corrected chi connectivity index (χ3v) is 6.41. The van der Waals surface area contributed by atoms with E-state index in [0.717, 1.165) is 0 Å². The van der Waals surface area contributed by atoms with Crippen molar-refractivity contribution in [1.82, 2.24) is 4.98 Å². The Labute approximate surface area is 198 Å². The summed E-state index contributed by atoms with van der Waals surface area (Å²) < 4.78 is 39.0. The SMILES string of the molecule is COc1ccc(NS(=O)(=O)c2cccc(C(=O)Nc3ccc4oc(C(C)(C)C)nc4c3)c2)cc1. The number of oxazole rings is 1. The molecule has 0 atom stereocenters. The van der Waals surface area contributed by atoms with Gasteiger partial charge in [0, 0.05) is 22.4 Å². The molecule has 0 spiro atoms. The summed E-state index contributed by atoms with van der Waals surface area (Å²) in [6.45, 7) is 6.01. The van der Waals surface area contributed by atoms with Crippen molar-refractivity contribution in [1.29, 1.82) is 0 Å². The highest BCUT2D eigenvalue weighted by molar-refractivity contribution is 7.92. The van der Waals surface area contributed by atoms with Crippen LogP contribution in [0.1, 0.15) is 37.0 Å². The normalized spacial score (nSPS) is 11.9. The molecule has 2 N–H and O–H groups in total. The number of nitrogens with zero attached hydrogens (tertiary/aromatic N) is 1. The molecule has 0 aliphatic heterocycles. The van der Waals surface area contributed by atoms with Gasteiger partial charge in [-0.3, -0.25) is 9.52 Å². The Bertz CT molecular complexity index is 1450. The minimum Gasteiger partial charge on any atom is -0.497 e. The van der Waals surface area contributed by atoms with E-state index in [0.29, 0.717) is 34.1 Å². The quantitative estimate of drug-likeness (QED) is 0.394. The number of anilines is 2. The second kappa shape index (κ2) is 8.83. The summed E-state index contributed by atoms with van der Waals surface area (Å²) in [6.07, 6.45) is 0. The van der Waals surface area contributed by atoms with E-state index >= 15 is 0 Å². The average Bonchev–Trinajstić information content (AvgIpc) is 3.24. The van der Waals surface area contributed by atoms with E-state index in [1.165, 1.54) is 25.3 Å². The van der Waals surface area contributed by atoms with Crippen LogP contribution >= 0.6 is 0 Å². The summed E-state index contributed by atoms with van der Waals surface area (Å²) in [6, 6.07) is 17.5. The molecule has 0 saturated carbocycles. The predicted molar refractivity (Wildman–Crippen MR) is 131 cm³/mol. The fraction of sp³-hybridized carbons (Fsp3) is 0.200. The van der Waals surface area contributed by atoms with Crippen molar-refractivity contribution in [2.45, 2.75) is 31.1 Å². The van der Waals surface area contributed by atoms with Crippen molar-refractivity contribution in [3.8, 4) is 5.75 Å². The molecule has 8 nitrogen and oxygen atoms in total. The zero-order valence-corrected chi connectivity index (χ0v) is 20.1. The number of methoxy groups -OCH3 is 1. The van der Waals surface area contributed by atoms with Gasteiger partial charge in [-0.25, -0.2) is 13.4 Å². The van der Waals surface area contributed by atoms with Gasteiger partial charge in [-0.1, -0.05) is 26.8 Å². The molecular weight excluding hydrogens is 454 g/mol. The fourth-order valence-corrected chi connectivity index (χ4v) is 4.31. The highest BCUT2D eigenvalue weighted by atomic mass is 32.2. The molecule has 0 bridgehead atoms. The lowest BCUT2D eigenvalue weighted by molar-refractivity contribution is 0.102. The second-order valence-electron chi connectivity index (χ2n) is 8.77. The molecule has 0 saturated heterocycles. The van der Waals surface area contributed by atoms with Crippen LogP contribution in [0.3, 0.4) is 0 Å². The van der Waals surface area contributed by atoms with E-state index in [2.05, 4.69) is 15.0 Å². The van der Waals surface area contributed by atoms with Gasteiger partial charge in [0.05, 0.1) is 12.0 Å². The first-order valence-corrected chi connectivity index (χ1v) is 12.0. The number of amides is 1. The minimum absolute atomic E-state index is 0.0299. The number of rotatable bonds is 6.